The number of rotatable bonds is 3. The molecule has 2 aliphatic heterocycles. The Labute approximate surface area is 150 Å². The second kappa shape index (κ2) is 7.19. The van der Waals surface area contributed by atoms with Gasteiger partial charge in [0.2, 0.25) is 0 Å². The van der Waals surface area contributed by atoms with E-state index in [0.717, 1.165) is 5.56 Å². The largest absolute Gasteiger partial charge is 0.371 e. The Balaban J connectivity index is 1.54. The number of aromatic nitrogens is 2. The lowest BCUT2D eigenvalue weighted by atomic mass is 10.00. The lowest BCUT2D eigenvalue weighted by Crippen LogP contribution is -2.49. The molecule has 0 saturated carbocycles. The van der Waals surface area contributed by atoms with Crippen molar-refractivity contribution in [3.05, 3.63) is 68.5 Å². The van der Waals surface area contributed by atoms with Gasteiger partial charge in [-0.05, 0) is 12.8 Å². The average Bonchev–Trinajstić information content (AvgIpc) is 2.68. The van der Waals surface area contributed by atoms with Crippen molar-refractivity contribution in [2.24, 2.45) is 0 Å². The van der Waals surface area contributed by atoms with Crippen molar-refractivity contribution in [3.8, 4) is 0 Å². The van der Waals surface area contributed by atoms with Crippen molar-refractivity contribution in [2.45, 2.75) is 44.3 Å². The summed E-state index contributed by atoms with van der Waals surface area (Å²) in [4.78, 5) is 26.4. The Bertz CT molecular complexity index is 875. The zero-order chi connectivity index (χ0) is 18.1. The van der Waals surface area contributed by atoms with Gasteiger partial charge in [0.1, 0.15) is 6.10 Å². The number of aryl methyl sites for hydroxylation is 1. The number of H-pyrrole nitrogens is 1. The van der Waals surface area contributed by atoms with E-state index in [4.69, 9.17) is 14.2 Å². The number of hydrogen-bond acceptors (Lipinski definition) is 5. The fourth-order valence-electron chi connectivity index (χ4n) is 3.54. The van der Waals surface area contributed by atoms with E-state index in [1.165, 1.54) is 0 Å². The van der Waals surface area contributed by atoms with Crippen LogP contribution in [0, 0.1) is 0 Å². The summed E-state index contributed by atoms with van der Waals surface area (Å²) in [5.41, 5.74) is 0.810. The fourth-order valence-corrected chi connectivity index (χ4v) is 3.54. The van der Waals surface area contributed by atoms with Gasteiger partial charge >= 0.3 is 5.69 Å². The summed E-state index contributed by atoms with van der Waals surface area (Å²) in [6, 6.07) is 9.59. The minimum Gasteiger partial charge on any atom is -0.371 e. The predicted molar refractivity (Wildman–Crippen MR) is 94.1 cm³/mol. The second-order valence-corrected chi connectivity index (χ2v) is 6.69. The van der Waals surface area contributed by atoms with E-state index in [2.05, 4.69) is 4.98 Å². The lowest BCUT2D eigenvalue weighted by Gasteiger charge is -2.42. The Hall–Kier alpha value is -2.22. The van der Waals surface area contributed by atoms with E-state index in [-0.39, 0.29) is 23.8 Å². The molecule has 0 aliphatic carbocycles. The van der Waals surface area contributed by atoms with E-state index in [0.29, 0.717) is 31.6 Å². The molecule has 7 heteroatoms. The SMILES string of the molecule is CCc1cn([C@@H]2CO[C@@H]3COC(c4ccccc4)O[C@H]3C2)c(=O)[nH]c1=O. The molecule has 0 bridgehead atoms. The minimum absolute atomic E-state index is 0.143. The van der Waals surface area contributed by atoms with Crippen molar-refractivity contribution < 1.29 is 14.2 Å². The number of fused-ring (bicyclic) bond motifs is 1. The quantitative estimate of drug-likeness (QED) is 0.900. The first-order valence-electron chi connectivity index (χ1n) is 8.93. The molecule has 7 nitrogen and oxygen atoms in total. The molecule has 0 amide bonds. The van der Waals surface area contributed by atoms with Crippen LogP contribution in [0.15, 0.2) is 46.1 Å². The van der Waals surface area contributed by atoms with E-state index in [9.17, 15) is 9.59 Å². The standard InChI is InChI=1S/C19H22N2O5/c1-2-12-9-21(19(23)20-17(12)22)14-8-15-16(24-10-14)11-25-18(26-15)13-6-4-3-5-7-13/h3-7,9,14-16,18H,2,8,10-11H2,1H3,(H,20,22,23)/t14-,15-,16+,18?/m0/s1. The van der Waals surface area contributed by atoms with Gasteiger partial charge in [0.25, 0.3) is 5.56 Å². The smallest absolute Gasteiger partial charge is 0.328 e. The van der Waals surface area contributed by atoms with Crippen LogP contribution in [0.2, 0.25) is 0 Å². The Kier molecular flexibility index (Phi) is 4.76. The molecule has 2 fully saturated rings. The summed E-state index contributed by atoms with van der Waals surface area (Å²) in [6.45, 7) is 2.73. The average molecular weight is 358 g/mol. The number of hydrogen-bond donors (Lipinski definition) is 1. The number of nitrogens with one attached hydrogen (secondary N) is 1. The van der Waals surface area contributed by atoms with E-state index < -0.39 is 12.0 Å². The van der Waals surface area contributed by atoms with Crippen molar-refractivity contribution in [3.63, 3.8) is 0 Å². The summed E-state index contributed by atoms with van der Waals surface area (Å²) in [5.74, 6) is 0. The third-order valence-corrected chi connectivity index (χ3v) is 5.02. The van der Waals surface area contributed by atoms with Crippen LogP contribution in [0.25, 0.3) is 0 Å². The molecule has 2 aromatic rings. The predicted octanol–water partition coefficient (Wildman–Crippen LogP) is 1.54. The van der Waals surface area contributed by atoms with Crippen molar-refractivity contribution in [2.75, 3.05) is 13.2 Å². The van der Waals surface area contributed by atoms with E-state index in [1.54, 1.807) is 10.8 Å². The molecular weight excluding hydrogens is 336 g/mol. The Morgan fingerprint density at radius 3 is 2.69 bits per heavy atom. The van der Waals surface area contributed by atoms with Gasteiger partial charge in [-0.25, -0.2) is 4.79 Å². The maximum Gasteiger partial charge on any atom is 0.328 e. The van der Waals surface area contributed by atoms with E-state index >= 15 is 0 Å². The van der Waals surface area contributed by atoms with Gasteiger partial charge in [-0.15, -0.1) is 0 Å². The molecule has 4 atom stereocenters. The maximum atomic E-state index is 12.2. The maximum absolute atomic E-state index is 12.2. The molecule has 138 valence electrons. The second-order valence-electron chi connectivity index (χ2n) is 6.69. The molecule has 2 saturated heterocycles. The summed E-state index contributed by atoms with van der Waals surface area (Å²) in [7, 11) is 0. The molecule has 1 N–H and O–H groups in total. The Morgan fingerprint density at radius 1 is 1.12 bits per heavy atom. The van der Waals surface area contributed by atoms with Crippen LogP contribution in [0.3, 0.4) is 0 Å². The Morgan fingerprint density at radius 2 is 1.92 bits per heavy atom. The summed E-state index contributed by atoms with van der Waals surface area (Å²) < 4.78 is 19.4. The molecule has 0 spiro atoms. The van der Waals surface area contributed by atoms with Gasteiger partial charge in [-0.3, -0.25) is 14.3 Å². The molecule has 0 radical (unpaired) electrons. The molecule has 1 aromatic carbocycles. The van der Waals surface area contributed by atoms with Gasteiger partial charge in [0.05, 0.1) is 25.4 Å². The number of ether oxygens (including phenoxy) is 3. The van der Waals surface area contributed by atoms with Gasteiger partial charge in [0.15, 0.2) is 6.29 Å². The van der Waals surface area contributed by atoms with Crippen molar-refractivity contribution >= 4 is 0 Å². The van der Waals surface area contributed by atoms with Crippen LogP contribution in [-0.2, 0) is 20.6 Å². The van der Waals surface area contributed by atoms with Gasteiger partial charge in [-0.1, -0.05) is 37.3 Å². The highest BCUT2D eigenvalue weighted by molar-refractivity contribution is 5.16. The minimum atomic E-state index is -0.432. The monoisotopic (exact) mass is 358 g/mol. The number of aromatic amines is 1. The molecule has 4 rings (SSSR count). The fraction of sp³-hybridized carbons (Fsp3) is 0.474. The molecular formula is C19H22N2O5. The zero-order valence-corrected chi connectivity index (χ0v) is 14.6. The normalized spacial score (nSPS) is 28.5. The summed E-state index contributed by atoms with van der Waals surface area (Å²) in [5, 5.41) is 0. The molecule has 26 heavy (non-hydrogen) atoms. The highest BCUT2D eigenvalue weighted by Crippen LogP contribution is 2.34. The van der Waals surface area contributed by atoms with Gasteiger partial charge in [-0.2, -0.15) is 0 Å². The summed E-state index contributed by atoms with van der Waals surface area (Å²) >= 11 is 0. The van der Waals surface area contributed by atoms with Crippen LogP contribution < -0.4 is 11.2 Å². The van der Waals surface area contributed by atoms with Crippen LogP contribution in [0.4, 0.5) is 0 Å². The number of benzene rings is 1. The van der Waals surface area contributed by atoms with Gasteiger partial charge in [0, 0.05) is 17.3 Å². The van der Waals surface area contributed by atoms with Crippen LogP contribution in [-0.4, -0.2) is 35.0 Å². The van der Waals surface area contributed by atoms with Crippen molar-refractivity contribution in [1.82, 2.24) is 9.55 Å². The van der Waals surface area contributed by atoms with Crippen LogP contribution >= 0.6 is 0 Å². The third-order valence-electron chi connectivity index (χ3n) is 5.02. The highest BCUT2D eigenvalue weighted by Gasteiger charge is 2.39. The molecule has 1 aromatic heterocycles. The highest BCUT2D eigenvalue weighted by atomic mass is 16.7. The van der Waals surface area contributed by atoms with Gasteiger partial charge < -0.3 is 14.2 Å². The molecule has 2 aliphatic rings. The first kappa shape index (κ1) is 17.2. The third kappa shape index (κ3) is 3.25. The van der Waals surface area contributed by atoms with Crippen molar-refractivity contribution in [1.29, 1.82) is 0 Å². The first-order valence-corrected chi connectivity index (χ1v) is 8.93. The van der Waals surface area contributed by atoms with E-state index in [1.807, 2.05) is 37.3 Å². The summed E-state index contributed by atoms with van der Waals surface area (Å²) in [6.07, 6.45) is 2.09. The first-order chi connectivity index (χ1) is 12.7. The molecule has 1 unspecified atom stereocenters. The molecule has 3 heterocycles. The van der Waals surface area contributed by atoms with Crippen LogP contribution in [0.1, 0.15) is 36.8 Å². The lowest BCUT2D eigenvalue weighted by molar-refractivity contribution is -0.282. The topological polar surface area (TPSA) is 82.6 Å². The zero-order valence-electron chi connectivity index (χ0n) is 14.6. The van der Waals surface area contributed by atoms with Crippen LogP contribution in [0.5, 0.6) is 0 Å². The number of nitrogens with zero attached hydrogens (tertiary/aromatic N) is 1.